The van der Waals surface area contributed by atoms with Crippen molar-refractivity contribution >= 4 is 11.5 Å². The lowest BCUT2D eigenvalue weighted by molar-refractivity contribution is 0.0992. The van der Waals surface area contributed by atoms with Crippen molar-refractivity contribution < 1.29 is 13.6 Å². The van der Waals surface area contributed by atoms with Crippen molar-refractivity contribution in [3.05, 3.63) is 64.7 Å². The SMILES string of the molecule is Cc1ccc(C(=O)Cc2cc(F)ccc2F)cc1N. The number of halogens is 2. The highest BCUT2D eigenvalue weighted by atomic mass is 19.1. The van der Waals surface area contributed by atoms with Crippen LogP contribution < -0.4 is 5.73 Å². The molecule has 2 aromatic carbocycles. The van der Waals surface area contributed by atoms with Crippen LogP contribution in [-0.2, 0) is 6.42 Å². The Balaban J connectivity index is 2.25. The molecule has 4 heteroatoms. The summed E-state index contributed by atoms with van der Waals surface area (Å²) in [7, 11) is 0. The normalized spacial score (nSPS) is 10.5. The molecule has 0 aliphatic carbocycles. The molecule has 2 nitrogen and oxygen atoms in total. The minimum Gasteiger partial charge on any atom is -0.398 e. The van der Waals surface area contributed by atoms with Gasteiger partial charge in [0.25, 0.3) is 0 Å². The maximum atomic E-state index is 13.4. The first-order valence-electron chi connectivity index (χ1n) is 5.80. The zero-order valence-corrected chi connectivity index (χ0v) is 10.4. The summed E-state index contributed by atoms with van der Waals surface area (Å²) in [6, 6.07) is 7.98. The summed E-state index contributed by atoms with van der Waals surface area (Å²) in [4.78, 5) is 12.0. The fourth-order valence-electron chi connectivity index (χ4n) is 1.77. The molecule has 2 rings (SSSR count). The second kappa shape index (κ2) is 5.18. The van der Waals surface area contributed by atoms with E-state index in [-0.39, 0.29) is 17.8 Å². The van der Waals surface area contributed by atoms with Gasteiger partial charge in [-0.2, -0.15) is 0 Å². The van der Waals surface area contributed by atoms with E-state index in [0.717, 1.165) is 23.8 Å². The molecule has 0 fully saturated rings. The van der Waals surface area contributed by atoms with Gasteiger partial charge in [0, 0.05) is 17.7 Å². The Morgan fingerprint density at radius 1 is 1.16 bits per heavy atom. The van der Waals surface area contributed by atoms with E-state index in [2.05, 4.69) is 0 Å². The van der Waals surface area contributed by atoms with Gasteiger partial charge in [0.15, 0.2) is 5.78 Å². The molecule has 2 aromatic rings. The molecule has 0 aliphatic heterocycles. The number of carbonyl (C=O) groups excluding carboxylic acids is 1. The van der Waals surface area contributed by atoms with Crippen molar-refractivity contribution in [2.45, 2.75) is 13.3 Å². The molecule has 0 spiro atoms. The summed E-state index contributed by atoms with van der Waals surface area (Å²) in [5, 5.41) is 0. The number of rotatable bonds is 3. The van der Waals surface area contributed by atoms with Crippen LogP contribution in [0.25, 0.3) is 0 Å². The summed E-state index contributed by atoms with van der Waals surface area (Å²) in [6.07, 6.45) is -0.188. The Labute approximate surface area is 109 Å². The topological polar surface area (TPSA) is 43.1 Å². The number of carbonyl (C=O) groups is 1. The number of aryl methyl sites for hydroxylation is 1. The smallest absolute Gasteiger partial charge is 0.167 e. The maximum absolute atomic E-state index is 13.4. The predicted molar refractivity (Wildman–Crippen MR) is 70.0 cm³/mol. The molecular formula is C15H13F2NO. The predicted octanol–water partition coefficient (Wildman–Crippen LogP) is 3.28. The van der Waals surface area contributed by atoms with Crippen LogP contribution in [0.3, 0.4) is 0 Å². The van der Waals surface area contributed by atoms with Gasteiger partial charge in [-0.1, -0.05) is 12.1 Å². The molecule has 0 aromatic heterocycles. The monoisotopic (exact) mass is 261 g/mol. The molecule has 0 amide bonds. The van der Waals surface area contributed by atoms with Gasteiger partial charge in [0.05, 0.1) is 0 Å². The Hall–Kier alpha value is -2.23. The van der Waals surface area contributed by atoms with E-state index in [1.807, 2.05) is 6.92 Å². The minimum absolute atomic E-state index is 0.0455. The number of hydrogen-bond acceptors (Lipinski definition) is 2. The first-order chi connectivity index (χ1) is 8.97. The standard InChI is InChI=1S/C15H13F2NO/c1-9-2-3-10(7-14(9)18)15(19)8-11-6-12(16)4-5-13(11)17/h2-7H,8,18H2,1H3. The van der Waals surface area contributed by atoms with Gasteiger partial charge in [-0.3, -0.25) is 4.79 Å². The number of Topliss-reactive ketones (excluding diaryl/α,β-unsaturated/α-hetero) is 1. The van der Waals surface area contributed by atoms with Crippen molar-refractivity contribution in [2.75, 3.05) is 5.73 Å². The lowest BCUT2D eigenvalue weighted by Crippen LogP contribution is -2.06. The van der Waals surface area contributed by atoms with E-state index >= 15 is 0 Å². The number of hydrogen-bond donors (Lipinski definition) is 1. The Morgan fingerprint density at radius 3 is 2.58 bits per heavy atom. The molecule has 98 valence electrons. The fourth-order valence-corrected chi connectivity index (χ4v) is 1.77. The third-order valence-corrected chi connectivity index (χ3v) is 2.96. The van der Waals surface area contributed by atoms with Gasteiger partial charge >= 0.3 is 0 Å². The van der Waals surface area contributed by atoms with Crippen LogP contribution in [0.1, 0.15) is 21.5 Å². The van der Waals surface area contributed by atoms with Crippen molar-refractivity contribution in [2.24, 2.45) is 0 Å². The summed E-state index contributed by atoms with van der Waals surface area (Å²) >= 11 is 0. The molecule has 0 atom stereocenters. The Bertz CT molecular complexity index is 638. The average Bonchev–Trinajstić information content (AvgIpc) is 2.37. The third kappa shape index (κ3) is 2.96. The largest absolute Gasteiger partial charge is 0.398 e. The van der Waals surface area contributed by atoms with Crippen LogP contribution in [0.2, 0.25) is 0 Å². The summed E-state index contributed by atoms with van der Waals surface area (Å²) < 4.78 is 26.5. The van der Waals surface area contributed by atoms with Gasteiger partial charge in [-0.05, 0) is 42.3 Å². The molecule has 0 bridgehead atoms. The van der Waals surface area contributed by atoms with E-state index in [1.165, 1.54) is 0 Å². The van der Waals surface area contributed by atoms with E-state index in [1.54, 1.807) is 18.2 Å². The van der Waals surface area contributed by atoms with Gasteiger partial charge in [-0.15, -0.1) is 0 Å². The number of nitrogens with two attached hydrogens (primary N) is 1. The van der Waals surface area contributed by atoms with Crippen LogP contribution in [0.5, 0.6) is 0 Å². The number of ketones is 1. The van der Waals surface area contributed by atoms with Crippen molar-refractivity contribution in [1.82, 2.24) is 0 Å². The lowest BCUT2D eigenvalue weighted by Gasteiger charge is -2.06. The number of benzene rings is 2. The summed E-state index contributed by atoms with van der Waals surface area (Å²) in [5.41, 5.74) is 7.53. The molecule has 0 unspecified atom stereocenters. The quantitative estimate of drug-likeness (QED) is 0.680. The maximum Gasteiger partial charge on any atom is 0.167 e. The first-order valence-corrected chi connectivity index (χ1v) is 5.80. The molecule has 0 aliphatic rings. The van der Waals surface area contributed by atoms with Gasteiger partial charge in [0.2, 0.25) is 0 Å². The van der Waals surface area contributed by atoms with Crippen LogP contribution in [0, 0.1) is 18.6 Å². The third-order valence-electron chi connectivity index (χ3n) is 2.96. The second-order valence-electron chi connectivity index (χ2n) is 4.41. The zero-order chi connectivity index (χ0) is 14.0. The number of nitrogen functional groups attached to an aromatic ring is 1. The highest BCUT2D eigenvalue weighted by Gasteiger charge is 2.12. The fraction of sp³-hybridized carbons (Fsp3) is 0.133. The summed E-state index contributed by atoms with van der Waals surface area (Å²) in [5.74, 6) is -1.45. The van der Waals surface area contributed by atoms with Crippen LogP contribution in [0.4, 0.5) is 14.5 Å². The van der Waals surface area contributed by atoms with Gasteiger partial charge < -0.3 is 5.73 Å². The minimum atomic E-state index is -0.588. The Morgan fingerprint density at radius 2 is 1.89 bits per heavy atom. The number of anilines is 1. The van der Waals surface area contributed by atoms with Crippen molar-refractivity contribution in [3.63, 3.8) is 0 Å². The van der Waals surface area contributed by atoms with Gasteiger partial charge in [-0.25, -0.2) is 8.78 Å². The van der Waals surface area contributed by atoms with Crippen LogP contribution >= 0.6 is 0 Å². The second-order valence-corrected chi connectivity index (χ2v) is 4.41. The Kier molecular flexibility index (Phi) is 3.60. The average molecular weight is 261 g/mol. The molecule has 0 saturated carbocycles. The van der Waals surface area contributed by atoms with Crippen LogP contribution in [0.15, 0.2) is 36.4 Å². The van der Waals surface area contributed by atoms with Crippen molar-refractivity contribution in [3.8, 4) is 0 Å². The first kappa shape index (κ1) is 13.2. The molecule has 0 heterocycles. The van der Waals surface area contributed by atoms with E-state index in [4.69, 9.17) is 5.73 Å². The molecular weight excluding hydrogens is 248 g/mol. The van der Waals surface area contributed by atoms with Gasteiger partial charge in [0.1, 0.15) is 11.6 Å². The molecule has 19 heavy (non-hydrogen) atoms. The van der Waals surface area contributed by atoms with E-state index < -0.39 is 11.6 Å². The highest BCUT2D eigenvalue weighted by Crippen LogP contribution is 2.17. The van der Waals surface area contributed by atoms with E-state index in [9.17, 15) is 13.6 Å². The van der Waals surface area contributed by atoms with E-state index in [0.29, 0.717) is 11.3 Å². The molecule has 2 N–H and O–H groups in total. The summed E-state index contributed by atoms with van der Waals surface area (Å²) in [6.45, 7) is 1.83. The van der Waals surface area contributed by atoms with Crippen LogP contribution in [-0.4, -0.2) is 5.78 Å². The lowest BCUT2D eigenvalue weighted by atomic mass is 10.0. The highest BCUT2D eigenvalue weighted by molar-refractivity contribution is 5.98. The zero-order valence-electron chi connectivity index (χ0n) is 10.4. The van der Waals surface area contributed by atoms with Crippen molar-refractivity contribution in [1.29, 1.82) is 0 Å². The molecule has 0 radical (unpaired) electrons. The molecule has 0 saturated heterocycles.